The first-order valence-corrected chi connectivity index (χ1v) is 7.36. The number of aliphatic hydroxyl groups is 1. The standard InChI is InChI=1S/C16H16N6O/c1-9(8-23)22-7-12-15(21-22)11-3-2-10(13-4-5-18-20-13)6-14(11)19-16(12)17/h2-7,9,23H,8H2,1H3,(H2,17,19)(H,18,20). The van der Waals surface area contributed by atoms with Gasteiger partial charge in [-0.2, -0.15) is 10.2 Å². The number of aromatic nitrogens is 5. The summed E-state index contributed by atoms with van der Waals surface area (Å²) in [6.07, 6.45) is 3.54. The lowest BCUT2D eigenvalue weighted by Gasteiger charge is -2.06. The van der Waals surface area contributed by atoms with Crippen molar-refractivity contribution in [3.63, 3.8) is 0 Å². The third-order valence-electron chi connectivity index (χ3n) is 4.03. The molecule has 0 saturated carbocycles. The lowest BCUT2D eigenvalue weighted by molar-refractivity contribution is 0.230. The minimum atomic E-state index is -0.110. The number of hydrogen-bond donors (Lipinski definition) is 3. The van der Waals surface area contributed by atoms with Crippen LogP contribution in [0.3, 0.4) is 0 Å². The van der Waals surface area contributed by atoms with E-state index in [1.165, 1.54) is 0 Å². The van der Waals surface area contributed by atoms with Gasteiger partial charge < -0.3 is 10.8 Å². The Morgan fingerprint density at radius 2 is 2.17 bits per heavy atom. The number of anilines is 1. The van der Waals surface area contributed by atoms with E-state index in [4.69, 9.17) is 5.73 Å². The fourth-order valence-electron chi connectivity index (χ4n) is 2.69. The Bertz CT molecular complexity index is 989. The van der Waals surface area contributed by atoms with E-state index in [0.717, 1.165) is 33.1 Å². The summed E-state index contributed by atoms with van der Waals surface area (Å²) < 4.78 is 1.73. The first-order chi connectivity index (χ1) is 11.2. The van der Waals surface area contributed by atoms with Crippen LogP contribution >= 0.6 is 0 Å². The highest BCUT2D eigenvalue weighted by Gasteiger charge is 2.14. The van der Waals surface area contributed by atoms with Crippen molar-refractivity contribution in [2.45, 2.75) is 13.0 Å². The third-order valence-corrected chi connectivity index (χ3v) is 4.03. The molecule has 116 valence electrons. The second-order valence-corrected chi connectivity index (χ2v) is 5.60. The summed E-state index contributed by atoms with van der Waals surface area (Å²) in [5.41, 5.74) is 9.59. The van der Waals surface area contributed by atoms with E-state index < -0.39 is 0 Å². The molecular formula is C16H16N6O. The summed E-state index contributed by atoms with van der Waals surface area (Å²) in [5.74, 6) is 0.436. The van der Waals surface area contributed by atoms with Crippen LogP contribution in [-0.2, 0) is 0 Å². The smallest absolute Gasteiger partial charge is 0.135 e. The number of fused-ring (bicyclic) bond motifs is 3. The number of aromatic amines is 1. The van der Waals surface area contributed by atoms with Gasteiger partial charge >= 0.3 is 0 Å². The van der Waals surface area contributed by atoms with Gasteiger partial charge in [0, 0.05) is 23.3 Å². The number of benzene rings is 1. The molecule has 3 aromatic heterocycles. The van der Waals surface area contributed by atoms with Gasteiger partial charge in [0.2, 0.25) is 0 Å². The Hall–Kier alpha value is -2.93. The molecule has 0 bridgehead atoms. The monoisotopic (exact) mass is 308 g/mol. The van der Waals surface area contributed by atoms with Gasteiger partial charge in [-0.15, -0.1) is 0 Å². The van der Waals surface area contributed by atoms with Crippen LogP contribution in [0.5, 0.6) is 0 Å². The first kappa shape index (κ1) is 13.7. The number of nitrogens with one attached hydrogen (secondary N) is 1. The molecular weight excluding hydrogens is 292 g/mol. The van der Waals surface area contributed by atoms with Crippen LogP contribution in [0, 0.1) is 0 Å². The maximum atomic E-state index is 9.32. The van der Waals surface area contributed by atoms with Crippen molar-refractivity contribution in [3.05, 3.63) is 36.7 Å². The lowest BCUT2D eigenvalue weighted by atomic mass is 10.1. The third kappa shape index (κ3) is 2.13. The average Bonchev–Trinajstić information content (AvgIpc) is 3.23. The molecule has 23 heavy (non-hydrogen) atoms. The molecule has 7 nitrogen and oxygen atoms in total. The average molecular weight is 308 g/mol. The summed E-state index contributed by atoms with van der Waals surface area (Å²) in [6, 6.07) is 7.75. The zero-order chi connectivity index (χ0) is 16.0. The van der Waals surface area contributed by atoms with Crippen LogP contribution in [0.15, 0.2) is 36.7 Å². The highest BCUT2D eigenvalue weighted by molar-refractivity contribution is 6.08. The molecule has 4 rings (SSSR count). The SMILES string of the molecule is CC(CO)n1cc2c(N)nc3cc(-c4ccn[nH]4)ccc3c2n1. The Morgan fingerprint density at radius 3 is 2.91 bits per heavy atom. The summed E-state index contributed by atoms with van der Waals surface area (Å²) in [4.78, 5) is 4.50. The summed E-state index contributed by atoms with van der Waals surface area (Å²) in [5, 5.41) is 22.5. The Morgan fingerprint density at radius 1 is 1.30 bits per heavy atom. The number of nitrogens with zero attached hydrogens (tertiary/aromatic N) is 4. The van der Waals surface area contributed by atoms with E-state index in [1.54, 1.807) is 10.9 Å². The normalized spacial score (nSPS) is 13.0. The fourth-order valence-corrected chi connectivity index (χ4v) is 2.69. The predicted molar refractivity (Wildman–Crippen MR) is 88.8 cm³/mol. The summed E-state index contributed by atoms with van der Waals surface area (Å²) >= 11 is 0. The molecule has 0 amide bonds. The van der Waals surface area contributed by atoms with Crippen LogP contribution in [-0.4, -0.2) is 36.7 Å². The molecule has 0 saturated heterocycles. The lowest BCUT2D eigenvalue weighted by Crippen LogP contribution is -2.09. The number of aliphatic hydroxyl groups excluding tert-OH is 1. The molecule has 0 radical (unpaired) electrons. The van der Waals surface area contributed by atoms with Crippen molar-refractivity contribution in [2.24, 2.45) is 0 Å². The predicted octanol–water partition coefficient (Wildman–Crippen LogP) is 2.11. The van der Waals surface area contributed by atoms with E-state index in [-0.39, 0.29) is 12.6 Å². The highest BCUT2D eigenvalue weighted by Crippen LogP contribution is 2.30. The van der Waals surface area contributed by atoms with Crippen LogP contribution in [0.1, 0.15) is 13.0 Å². The van der Waals surface area contributed by atoms with Gasteiger partial charge in [-0.1, -0.05) is 6.07 Å². The van der Waals surface area contributed by atoms with Crippen LogP contribution in [0.25, 0.3) is 33.1 Å². The maximum absolute atomic E-state index is 9.32. The topological polar surface area (TPSA) is 106 Å². The molecule has 1 aromatic carbocycles. The zero-order valence-electron chi connectivity index (χ0n) is 12.6. The van der Waals surface area contributed by atoms with E-state index in [1.807, 2.05) is 37.4 Å². The number of H-pyrrole nitrogens is 1. The van der Waals surface area contributed by atoms with Gasteiger partial charge in [0.15, 0.2) is 0 Å². The first-order valence-electron chi connectivity index (χ1n) is 7.36. The number of pyridine rings is 1. The van der Waals surface area contributed by atoms with Crippen molar-refractivity contribution in [3.8, 4) is 11.3 Å². The Labute approximate surface area is 131 Å². The molecule has 4 N–H and O–H groups in total. The van der Waals surface area contributed by atoms with Gasteiger partial charge in [0.25, 0.3) is 0 Å². The summed E-state index contributed by atoms with van der Waals surface area (Å²) in [7, 11) is 0. The van der Waals surface area contributed by atoms with Gasteiger partial charge in [0.1, 0.15) is 11.3 Å². The van der Waals surface area contributed by atoms with Crippen molar-refractivity contribution in [1.82, 2.24) is 25.0 Å². The van der Waals surface area contributed by atoms with Crippen LogP contribution < -0.4 is 5.73 Å². The van der Waals surface area contributed by atoms with Gasteiger partial charge in [0.05, 0.1) is 29.2 Å². The second-order valence-electron chi connectivity index (χ2n) is 5.60. The number of nitrogen functional groups attached to an aromatic ring is 1. The van der Waals surface area contributed by atoms with E-state index in [2.05, 4.69) is 20.3 Å². The molecule has 7 heteroatoms. The molecule has 0 fully saturated rings. The van der Waals surface area contributed by atoms with E-state index in [0.29, 0.717) is 5.82 Å². The number of nitrogens with two attached hydrogens (primary N) is 1. The fraction of sp³-hybridized carbons (Fsp3) is 0.188. The molecule has 0 aliphatic carbocycles. The van der Waals surface area contributed by atoms with Gasteiger partial charge in [-0.3, -0.25) is 9.78 Å². The minimum absolute atomic E-state index is 0.0171. The quantitative estimate of drug-likeness (QED) is 0.537. The Balaban J connectivity index is 1.96. The van der Waals surface area contributed by atoms with Crippen molar-refractivity contribution < 1.29 is 5.11 Å². The molecule has 4 aromatic rings. The van der Waals surface area contributed by atoms with Crippen LogP contribution in [0.2, 0.25) is 0 Å². The van der Waals surface area contributed by atoms with E-state index >= 15 is 0 Å². The largest absolute Gasteiger partial charge is 0.394 e. The number of rotatable bonds is 3. The van der Waals surface area contributed by atoms with Gasteiger partial charge in [-0.05, 0) is 25.1 Å². The molecule has 0 spiro atoms. The van der Waals surface area contributed by atoms with Gasteiger partial charge in [-0.25, -0.2) is 4.98 Å². The minimum Gasteiger partial charge on any atom is -0.394 e. The molecule has 3 heterocycles. The molecule has 1 unspecified atom stereocenters. The Kier molecular flexibility index (Phi) is 3.02. The van der Waals surface area contributed by atoms with Crippen molar-refractivity contribution >= 4 is 27.6 Å². The second kappa shape index (κ2) is 5.06. The molecule has 1 atom stereocenters. The number of hydrogen-bond acceptors (Lipinski definition) is 5. The molecule has 0 aliphatic rings. The van der Waals surface area contributed by atoms with Crippen molar-refractivity contribution in [2.75, 3.05) is 12.3 Å². The molecule has 0 aliphatic heterocycles. The highest BCUT2D eigenvalue weighted by atomic mass is 16.3. The van der Waals surface area contributed by atoms with Crippen molar-refractivity contribution in [1.29, 1.82) is 0 Å². The zero-order valence-corrected chi connectivity index (χ0v) is 12.6. The summed E-state index contributed by atoms with van der Waals surface area (Å²) in [6.45, 7) is 1.91. The van der Waals surface area contributed by atoms with E-state index in [9.17, 15) is 5.11 Å². The van der Waals surface area contributed by atoms with Crippen LogP contribution in [0.4, 0.5) is 5.82 Å². The maximum Gasteiger partial charge on any atom is 0.135 e.